The van der Waals surface area contributed by atoms with Gasteiger partial charge in [0.2, 0.25) is 0 Å². The topological polar surface area (TPSA) is 35.2 Å². The average Bonchev–Trinajstić information content (AvgIpc) is 2.33. The van der Waals surface area contributed by atoms with Crippen LogP contribution in [0.4, 0.5) is 0 Å². The molecule has 88 valence electrons. The number of methoxy groups -OCH3 is 1. The molecule has 0 heterocycles. The highest BCUT2D eigenvalue weighted by molar-refractivity contribution is 8.00. The number of benzene rings is 1. The summed E-state index contributed by atoms with van der Waals surface area (Å²) in [6, 6.07) is 8.76. The van der Waals surface area contributed by atoms with Crippen LogP contribution in [0.1, 0.15) is 25.7 Å². The summed E-state index contributed by atoms with van der Waals surface area (Å²) in [5, 5.41) is 0.744. The Labute approximate surface area is 102 Å². The molecule has 1 aliphatic rings. The number of nitrogens with two attached hydrogens (primary N) is 1. The minimum atomic E-state index is 0.438. The summed E-state index contributed by atoms with van der Waals surface area (Å²) in [5.41, 5.74) is 5.90. The van der Waals surface area contributed by atoms with E-state index in [1.165, 1.54) is 30.6 Å². The normalized spacial score (nSPS) is 25.4. The van der Waals surface area contributed by atoms with Gasteiger partial charge in [-0.3, -0.25) is 0 Å². The SMILES string of the molecule is COc1ccc(SC2CCC(N)CC2)cc1. The summed E-state index contributed by atoms with van der Waals surface area (Å²) >= 11 is 1.97. The van der Waals surface area contributed by atoms with Crippen LogP contribution >= 0.6 is 11.8 Å². The maximum atomic E-state index is 5.90. The Bertz CT molecular complexity index is 317. The van der Waals surface area contributed by atoms with Crippen molar-refractivity contribution in [1.82, 2.24) is 0 Å². The molecule has 0 saturated heterocycles. The molecule has 1 aromatic rings. The fraction of sp³-hybridized carbons (Fsp3) is 0.538. The van der Waals surface area contributed by atoms with Gasteiger partial charge < -0.3 is 10.5 Å². The molecule has 2 rings (SSSR count). The van der Waals surface area contributed by atoms with Gasteiger partial charge in [-0.2, -0.15) is 0 Å². The van der Waals surface area contributed by atoms with Gasteiger partial charge in [-0.1, -0.05) is 0 Å². The van der Waals surface area contributed by atoms with Crippen molar-refractivity contribution in [3.8, 4) is 5.75 Å². The first-order valence-electron chi connectivity index (χ1n) is 5.84. The smallest absolute Gasteiger partial charge is 0.118 e. The predicted octanol–water partition coefficient (Wildman–Crippen LogP) is 3.06. The molecule has 0 unspecified atom stereocenters. The molecule has 0 aliphatic heterocycles. The van der Waals surface area contributed by atoms with Crippen molar-refractivity contribution in [2.24, 2.45) is 5.73 Å². The summed E-state index contributed by atoms with van der Waals surface area (Å²) in [5.74, 6) is 0.926. The molecule has 1 aromatic carbocycles. The zero-order chi connectivity index (χ0) is 11.4. The maximum Gasteiger partial charge on any atom is 0.118 e. The summed E-state index contributed by atoms with van der Waals surface area (Å²) in [6.45, 7) is 0. The monoisotopic (exact) mass is 237 g/mol. The molecule has 0 bridgehead atoms. The quantitative estimate of drug-likeness (QED) is 0.877. The molecule has 1 fully saturated rings. The van der Waals surface area contributed by atoms with E-state index < -0.39 is 0 Å². The Morgan fingerprint density at radius 2 is 1.75 bits per heavy atom. The lowest BCUT2D eigenvalue weighted by atomic mass is 9.96. The highest BCUT2D eigenvalue weighted by Crippen LogP contribution is 2.33. The van der Waals surface area contributed by atoms with E-state index in [1.54, 1.807) is 7.11 Å². The van der Waals surface area contributed by atoms with Crippen molar-refractivity contribution in [3.05, 3.63) is 24.3 Å². The third-order valence-electron chi connectivity index (χ3n) is 3.08. The Morgan fingerprint density at radius 3 is 2.31 bits per heavy atom. The molecule has 0 atom stereocenters. The molecule has 0 amide bonds. The number of thioether (sulfide) groups is 1. The number of rotatable bonds is 3. The highest BCUT2D eigenvalue weighted by Gasteiger charge is 2.19. The Morgan fingerprint density at radius 1 is 1.12 bits per heavy atom. The fourth-order valence-electron chi connectivity index (χ4n) is 2.05. The van der Waals surface area contributed by atoms with E-state index in [-0.39, 0.29) is 0 Å². The van der Waals surface area contributed by atoms with Gasteiger partial charge in [0.1, 0.15) is 5.75 Å². The summed E-state index contributed by atoms with van der Waals surface area (Å²) in [7, 11) is 1.70. The molecular formula is C13H19NOS. The number of ether oxygens (including phenoxy) is 1. The van der Waals surface area contributed by atoms with Gasteiger partial charge in [-0.15, -0.1) is 11.8 Å². The van der Waals surface area contributed by atoms with E-state index in [2.05, 4.69) is 12.1 Å². The lowest BCUT2D eigenvalue weighted by molar-refractivity contribution is 0.414. The van der Waals surface area contributed by atoms with Gasteiger partial charge in [0.25, 0.3) is 0 Å². The van der Waals surface area contributed by atoms with Gasteiger partial charge in [-0.05, 0) is 49.9 Å². The lowest BCUT2D eigenvalue weighted by Gasteiger charge is -2.25. The molecule has 16 heavy (non-hydrogen) atoms. The minimum Gasteiger partial charge on any atom is -0.497 e. The standard InChI is InChI=1S/C13H19NOS/c1-15-11-4-8-13(9-5-11)16-12-6-2-10(14)3-7-12/h4-5,8-10,12H,2-3,6-7,14H2,1H3. The Balaban J connectivity index is 1.88. The van der Waals surface area contributed by atoms with E-state index in [1.807, 2.05) is 23.9 Å². The van der Waals surface area contributed by atoms with Crippen LogP contribution in [0.15, 0.2) is 29.2 Å². The van der Waals surface area contributed by atoms with Crippen LogP contribution < -0.4 is 10.5 Å². The van der Waals surface area contributed by atoms with Gasteiger partial charge in [-0.25, -0.2) is 0 Å². The third kappa shape index (κ3) is 3.16. The van der Waals surface area contributed by atoms with E-state index in [0.717, 1.165) is 11.0 Å². The van der Waals surface area contributed by atoms with Crippen molar-refractivity contribution >= 4 is 11.8 Å². The van der Waals surface area contributed by atoms with Crippen LogP contribution in [0.5, 0.6) is 5.75 Å². The molecule has 1 saturated carbocycles. The van der Waals surface area contributed by atoms with Gasteiger partial charge >= 0.3 is 0 Å². The molecule has 1 aliphatic carbocycles. The van der Waals surface area contributed by atoms with Gasteiger partial charge in [0.05, 0.1) is 7.11 Å². The first-order chi connectivity index (χ1) is 7.78. The summed E-state index contributed by atoms with van der Waals surface area (Å²) in [6.07, 6.45) is 4.84. The fourth-order valence-corrected chi connectivity index (χ4v) is 3.24. The second-order valence-electron chi connectivity index (χ2n) is 4.33. The second kappa shape index (κ2) is 5.60. The predicted molar refractivity (Wildman–Crippen MR) is 69.1 cm³/mol. The number of hydrogen-bond acceptors (Lipinski definition) is 3. The summed E-state index contributed by atoms with van der Waals surface area (Å²) < 4.78 is 5.15. The lowest BCUT2D eigenvalue weighted by Crippen LogP contribution is -2.27. The molecular weight excluding hydrogens is 218 g/mol. The minimum absolute atomic E-state index is 0.438. The van der Waals surface area contributed by atoms with Crippen molar-refractivity contribution in [3.63, 3.8) is 0 Å². The van der Waals surface area contributed by atoms with E-state index in [0.29, 0.717) is 6.04 Å². The Kier molecular flexibility index (Phi) is 4.13. The van der Waals surface area contributed by atoms with Crippen LogP contribution in [0.2, 0.25) is 0 Å². The van der Waals surface area contributed by atoms with Gasteiger partial charge in [0.15, 0.2) is 0 Å². The summed E-state index contributed by atoms with van der Waals surface area (Å²) in [4.78, 5) is 1.33. The van der Waals surface area contributed by atoms with E-state index in [9.17, 15) is 0 Å². The van der Waals surface area contributed by atoms with Gasteiger partial charge in [0, 0.05) is 16.2 Å². The second-order valence-corrected chi connectivity index (χ2v) is 5.70. The molecule has 2 nitrogen and oxygen atoms in total. The maximum absolute atomic E-state index is 5.90. The third-order valence-corrected chi connectivity index (χ3v) is 4.43. The number of hydrogen-bond donors (Lipinski definition) is 1. The van der Waals surface area contributed by atoms with E-state index >= 15 is 0 Å². The molecule has 3 heteroatoms. The first-order valence-corrected chi connectivity index (χ1v) is 6.72. The first kappa shape index (κ1) is 11.8. The van der Waals surface area contributed by atoms with Crippen molar-refractivity contribution in [2.75, 3.05) is 7.11 Å². The van der Waals surface area contributed by atoms with Crippen LogP contribution in [-0.4, -0.2) is 18.4 Å². The van der Waals surface area contributed by atoms with Crippen molar-refractivity contribution in [2.45, 2.75) is 41.9 Å². The zero-order valence-electron chi connectivity index (χ0n) is 9.69. The van der Waals surface area contributed by atoms with Crippen molar-refractivity contribution in [1.29, 1.82) is 0 Å². The van der Waals surface area contributed by atoms with E-state index in [4.69, 9.17) is 10.5 Å². The zero-order valence-corrected chi connectivity index (χ0v) is 10.5. The molecule has 2 N–H and O–H groups in total. The van der Waals surface area contributed by atoms with Crippen LogP contribution in [0.25, 0.3) is 0 Å². The van der Waals surface area contributed by atoms with Crippen LogP contribution in [-0.2, 0) is 0 Å². The van der Waals surface area contributed by atoms with Crippen molar-refractivity contribution < 1.29 is 4.74 Å². The molecule has 0 aromatic heterocycles. The van der Waals surface area contributed by atoms with Crippen LogP contribution in [0.3, 0.4) is 0 Å². The molecule has 0 spiro atoms. The van der Waals surface area contributed by atoms with Crippen LogP contribution in [0, 0.1) is 0 Å². The largest absolute Gasteiger partial charge is 0.497 e. The Hall–Kier alpha value is -0.670. The highest BCUT2D eigenvalue weighted by atomic mass is 32.2. The molecule has 0 radical (unpaired) electrons. The average molecular weight is 237 g/mol.